The molecule has 5 heteroatoms. The van der Waals surface area contributed by atoms with Crippen molar-refractivity contribution in [3.63, 3.8) is 0 Å². The number of carbonyl (C=O) groups is 1. The molecule has 0 unspecified atom stereocenters. The number of hydrogen-bond acceptors (Lipinski definition) is 3. The number of nitrogens with one attached hydrogen (secondary N) is 2. The number of ether oxygens (including phenoxy) is 1. The number of aryl methyl sites for hydroxylation is 1. The van der Waals surface area contributed by atoms with Crippen molar-refractivity contribution in [3.8, 4) is 11.5 Å². The smallest absolute Gasteiger partial charge is 0.323 e. The van der Waals surface area contributed by atoms with Crippen LogP contribution in [0.4, 0.5) is 16.2 Å². The van der Waals surface area contributed by atoms with Gasteiger partial charge in [0, 0.05) is 16.9 Å². The van der Waals surface area contributed by atoms with Crippen molar-refractivity contribution in [2.24, 2.45) is 0 Å². The number of para-hydroxylation sites is 1. The predicted octanol–water partition coefficient (Wildman–Crippen LogP) is 4.92. The van der Waals surface area contributed by atoms with Crippen molar-refractivity contribution < 1.29 is 14.6 Å². The van der Waals surface area contributed by atoms with Crippen molar-refractivity contribution in [2.45, 2.75) is 13.5 Å². The van der Waals surface area contributed by atoms with Gasteiger partial charge in [0.15, 0.2) is 0 Å². The Bertz CT molecular complexity index is 895. The number of rotatable bonds is 5. The second-order valence-corrected chi connectivity index (χ2v) is 5.84. The van der Waals surface area contributed by atoms with Crippen molar-refractivity contribution in [1.82, 2.24) is 0 Å². The van der Waals surface area contributed by atoms with Gasteiger partial charge in [0.2, 0.25) is 0 Å². The summed E-state index contributed by atoms with van der Waals surface area (Å²) in [6.07, 6.45) is 0. The average Bonchev–Trinajstić information content (AvgIpc) is 2.63. The summed E-state index contributed by atoms with van der Waals surface area (Å²) in [5.74, 6) is 1.23. The van der Waals surface area contributed by atoms with E-state index in [1.165, 1.54) is 0 Å². The summed E-state index contributed by atoms with van der Waals surface area (Å²) in [4.78, 5) is 12.2. The molecule has 0 aromatic heterocycles. The molecule has 26 heavy (non-hydrogen) atoms. The Kier molecular flexibility index (Phi) is 5.51. The van der Waals surface area contributed by atoms with E-state index in [4.69, 9.17) is 4.74 Å². The molecular formula is C21H20N2O3. The molecule has 132 valence electrons. The molecule has 3 rings (SSSR count). The maximum atomic E-state index is 12.2. The van der Waals surface area contributed by atoms with E-state index in [0.717, 1.165) is 5.56 Å². The average molecular weight is 348 g/mol. The second kappa shape index (κ2) is 8.18. The van der Waals surface area contributed by atoms with E-state index in [9.17, 15) is 9.90 Å². The summed E-state index contributed by atoms with van der Waals surface area (Å²) in [6, 6.07) is 21.7. The quantitative estimate of drug-likeness (QED) is 0.613. The third kappa shape index (κ3) is 4.62. The lowest BCUT2D eigenvalue weighted by Gasteiger charge is -2.13. The number of anilines is 2. The van der Waals surface area contributed by atoms with E-state index >= 15 is 0 Å². The topological polar surface area (TPSA) is 70.6 Å². The molecule has 2 amide bonds. The lowest BCUT2D eigenvalue weighted by molar-refractivity contribution is 0.262. The van der Waals surface area contributed by atoms with E-state index in [-0.39, 0.29) is 12.6 Å². The Hall–Kier alpha value is -3.31. The zero-order valence-electron chi connectivity index (χ0n) is 14.4. The van der Waals surface area contributed by atoms with Crippen molar-refractivity contribution >= 4 is 17.4 Å². The van der Waals surface area contributed by atoms with Crippen LogP contribution in [0.5, 0.6) is 11.5 Å². The van der Waals surface area contributed by atoms with Gasteiger partial charge in [-0.2, -0.15) is 0 Å². The van der Waals surface area contributed by atoms with Crippen LogP contribution in [0.3, 0.4) is 0 Å². The van der Waals surface area contributed by atoms with Gasteiger partial charge in [-0.05, 0) is 55.0 Å². The van der Waals surface area contributed by atoms with Crippen LogP contribution in [-0.2, 0) is 6.61 Å². The first-order valence-electron chi connectivity index (χ1n) is 8.25. The van der Waals surface area contributed by atoms with Gasteiger partial charge in [-0.15, -0.1) is 0 Å². The SMILES string of the molecule is Cc1cccc(NC(=O)Nc2ccc(Oc3ccccc3)c(CO)c2)c1. The molecule has 0 spiro atoms. The zero-order chi connectivity index (χ0) is 18.4. The van der Waals surface area contributed by atoms with Gasteiger partial charge in [-0.25, -0.2) is 4.79 Å². The van der Waals surface area contributed by atoms with Crippen molar-refractivity contribution in [2.75, 3.05) is 10.6 Å². The van der Waals surface area contributed by atoms with Gasteiger partial charge in [-0.3, -0.25) is 0 Å². The molecule has 3 aromatic rings. The minimum atomic E-state index is -0.351. The Balaban J connectivity index is 1.69. The Morgan fingerprint density at radius 1 is 0.923 bits per heavy atom. The highest BCUT2D eigenvalue weighted by Gasteiger charge is 2.08. The van der Waals surface area contributed by atoms with E-state index in [2.05, 4.69) is 10.6 Å². The van der Waals surface area contributed by atoms with Crippen LogP contribution in [0.2, 0.25) is 0 Å². The second-order valence-electron chi connectivity index (χ2n) is 5.84. The number of aliphatic hydroxyl groups excluding tert-OH is 1. The first-order chi connectivity index (χ1) is 12.6. The van der Waals surface area contributed by atoms with Crippen LogP contribution < -0.4 is 15.4 Å². The number of carbonyl (C=O) groups excluding carboxylic acids is 1. The van der Waals surface area contributed by atoms with Gasteiger partial charge in [0.05, 0.1) is 6.61 Å². The third-order valence-corrected chi connectivity index (χ3v) is 3.74. The number of aliphatic hydroxyl groups is 1. The van der Waals surface area contributed by atoms with E-state index < -0.39 is 0 Å². The standard InChI is InChI=1S/C21H20N2O3/c1-15-6-5-7-17(12-15)22-21(25)23-18-10-11-20(16(13-18)14-24)26-19-8-3-2-4-9-19/h2-13,24H,14H2,1H3,(H2,22,23,25). The highest BCUT2D eigenvalue weighted by Crippen LogP contribution is 2.28. The lowest BCUT2D eigenvalue weighted by atomic mass is 10.2. The van der Waals surface area contributed by atoms with Crippen LogP contribution in [0.1, 0.15) is 11.1 Å². The number of benzene rings is 3. The highest BCUT2D eigenvalue weighted by atomic mass is 16.5. The summed E-state index contributed by atoms with van der Waals surface area (Å²) in [5.41, 5.74) is 2.93. The predicted molar refractivity (Wildman–Crippen MR) is 103 cm³/mol. The van der Waals surface area contributed by atoms with Gasteiger partial charge < -0.3 is 20.5 Å². The first kappa shape index (κ1) is 17.5. The highest BCUT2D eigenvalue weighted by molar-refractivity contribution is 5.99. The molecule has 0 radical (unpaired) electrons. The fraction of sp³-hybridized carbons (Fsp3) is 0.0952. The Labute approximate surface area is 152 Å². The molecule has 3 N–H and O–H groups in total. The Morgan fingerprint density at radius 2 is 1.65 bits per heavy atom. The molecule has 0 aliphatic rings. The molecule has 5 nitrogen and oxygen atoms in total. The van der Waals surface area contributed by atoms with Crippen LogP contribution in [0, 0.1) is 6.92 Å². The Morgan fingerprint density at radius 3 is 2.35 bits per heavy atom. The normalized spacial score (nSPS) is 10.2. The molecule has 0 heterocycles. The monoisotopic (exact) mass is 348 g/mol. The number of urea groups is 1. The lowest BCUT2D eigenvalue weighted by Crippen LogP contribution is -2.19. The molecule has 0 aliphatic heterocycles. The maximum absolute atomic E-state index is 12.2. The van der Waals surface area contributed by atoms with E-state index in [1.807, 2.05) is 61.5 Å². The fourth-order valence-electron chi connectivity index (χ4n) is 2.51. The molecular weight excluding hydrogens is 328 g/mol. The third-order valence-electron chi connectivity index (χ3n) is 3.74. The van der Waals surface area contributed by atoms with Gasteiger partial charge in [0.1, 0.15) is 11.5 Å². The summed E-state index contributed by atoms with van der Waals surface area (Å²) >= 11 is 0. The van der Waals surface area contributed by atoms with Crippen LogP contribution in [0.15, 0.2) is 72.8 Å². The van der Waals surface area contributed by atoms with Crippen LogP contribution >= 0.6 is 0 Å². The minimum Gasteiger partial charge on any atom is -0.457 e. The molecule has 0 bridgehead atoms. The summed E-state index contributed by atoms with van der Waals surface area (Å²) in [5, 5.41) is 15.2. The van der Waals surface area contributed by atoms with E-state index in [1.54, 1.807) is 18.2 Å². The van der Waals surface area contributed by atoms with Crippen molar-refractivity contribution in [1.29, 1.82) is 0 Å². The molecule has 0 saturated carbocycles. The fourth-order valence-corrected chi connectivity index (χ4v) is 2.51. The summed E-state index contributed by atoms with van der Waals surface area (Å²) in [7, 11) is 0. The number of hydrogen-bond donors (Lipinski definition) is 3. The molecule has 3 aromatic carbocycles. The molecule has 0 aliphatic carbocycles. The maximum Gasteiger partial charge on any atom is 0.323 e. The summed E-state index contributed by atoms with van der Waals surface area (Å²) in [6.45, 7) is 1.76. The molecule has 0 atom stereocenters. The minimum absolute atomic E-state index is 0.197. The number of amides is 2. The largest absolute Gasteiger partial charge is 0.457 e. The van der Waals surface area contributed by atoms with Crippen molar-refractivity contribution in [3.05, 3.63) is 83.9 Å². The van der Waals surface area contributed by atoms with Gasteiger partial charge >= 0.3 is 6.03 Å². The van der Waals surface area contributed by atoms with Gasteiger partial charge in [0.25, 0.3) is 0 Å². The molecule has 0 saturated heterocycles. The first-order valence-corrected chi connectivity index (χ1v) is 8.25. The van der Waals surface area contributed by atoms with Crippen LogP contribution in [-0.4, -0.2) is 11.1 Å². The zero-order valence-corrected chi connectivity index (χ0v) is 14.4. The van der Waals surface area contributed by atoms with Crippen LogP contribution in [0.25, 0.3) is 0 Å². The summed E-state index contributed by atoms with van der Waals surface area (Å²) < 4.78 is 5.78. The van der Waals surface area contributed by atoms with E-state index in [0.29, 0.717) is 28.4 Å². The molecule has 0 fully saturated rings. The van der Waals surface area contributed by atoms with Gasteiger partial charge in [-0.1, -0.05) is 30.3 Å².